The molecule has 1 fully saturated rings. The Morgan fingerprint density at radius 3 is 2.60 bits per heavy atom. The topological polar surface area (TPSA) is 33.5 Å². The van der Waals surface area contributed by atoms with Crippen LogP contribution in [0.1, 0.15) is 32.1 Å². The maximum atomic E-state index is 12.1. The number of carbonyl (C=O) groups is 1. The van der Waals surface area contributed by atoms with Crippen LogP contribution < -0.4 is 10.2 Å². The zero-order chi connectivity index (χ0) is 14.2. The molecule has 1 aliphatic rings. The van der Waals surface area contributed by atoms with E-state index in [1.165, 1.54) is 41.9 Å². The molecule has 0 unspecified atom stereocenters. The Balaban J connectivity index is 1.84. The van der Waals surface area contributed by atoms with Crippen molar-refractivity contribution >= 4 is 23.4 Å². The number of thioether (sulfide) groups is 1. The predicted molar refractivity (Wildman–Crippen MR) is 85.5 cm³/mol. The van der Waals surface area contributed by atoms with E-state index in [1.807, 2.05) is 24.5 Å². The van der Waals surface area contributed by atoms with Crippen LogP contribution in [0.15, 0.2) is 29.2 Å². The lowest BCUT2D eigenvalue weighted by molar-refractivity contribution is -0.892. The highest BCUT2D eigenvalue weighted by Crippen LogP contribution is 2.18. The maximum Gasteiger partial charge on any atom is 0.279 e. The van der Waals surface area contributed by atoms with Crippen molar-refractivity contribution in [3.05, 3.63) is 24.3 Å². The van der Waals surface area contributed by atoms with E-state index >= 15 is 0 Å². The molecular weight excluding hydrogens is 268 g/mol. The van der Waals surface area contributed by atoms with Gasteiger partial charge >= 0.3 is 0 Å². The van der Waals surface area contributed by atoms with E-state index in [1.54, 1.807) is 11.8 Å². The fourth-order valence-corrected chi connectivity index (χ4v) is 3.17. The maximum absolute atomic E-state index is 12.1. The number of hydrogen-bond donors (Lipinski definition) is 2. The Labute approximate surface area is 126 Å². The Kier molecular flexibility index (Phi) is 6.40. The molecular formula is C16H25N2OS+. The number of amides is 1. The summed E-state index contributed by atoms with van der Waals surface area (Å²) < 4.78 is 0. The Morgan fingerprint density at radius 1 is 1.20 bits per heavy atom. The first-order valence-electron chi connectivity index (χ1n) is 7.55. The SMILES string of the molecule is CSc1cccc(NC(=O)C[NH+]2CCCCCCC2)c1. The van der Waals surface area contributed by atoms with Gasteiger partial charge in [0.15, 0.2) is 6.54 Å². The monoisotopic (exact) mass is 293 g/mol. The van der Waals surface area contributed by atoms with Crippen LogP contribution in [0.2, 0.25) is 0 Å². The summed E-state index contributed by atoms with van der Waals surface area (Å²) in [7, 11) is 0. The molecule has 0 saturated carbocycles. The van der Waals surface area contributed by atoms with Gasteiger partial charge in [-0.15, -0.1) is 11.8 Å². The fourth-order valence-electron chi connectivity index (χ4n) is 2.72. The minimum Gasteiger partial charge on any atom is -0.327 e. The number of carbonyl (C=O) groups excluding carboxylic acids is 1. The molecule has 110 valence electrons. The van der Waals surface area contributed by atoms with Gasteiger partial charge in [0.2, 0.25) is 0 Å². The van der Waals surface area contributed by atoms with Crippen LogP contribution in [0, 0.1) is 0 Å². The number of likely N-dealkylation sites (tertiary alicyclic amines) is 1. The van der Waals surface area contributed by atoms with Crippen LogP contribution in [0.5, 0.6) is 0 Å². The lowest BCUT2D eigenvalue weighted by Crippen LogP contribution is -3.13. The van der Waals surface area contributed by atoms with Crippen molar-refractivity contribution < 1.29 is 9.69 Å². The number of anilines is 1. The first-order valence-corrected chi connectivity index (χ1v) is 8.78. The van der Waals surface area contributed by atoms with Gasteiger partial charge in [-0.2, -0.15) is 0 Å². The normalized spacial score (nSPS) is 17.2. The van der Waals surface area contributed by atoms with Crippen molar-refractivity contribution in [1.82, 2.24) is 0 Å². The summed E-state index contributed by atoms with van der Waals surface area (Å²) in [4.78, 5) is 14.8. The summed E-state index contributed by atoms with van der Waals surface area (Å²) >= 11 is 1.69. The van der Waals surface area contributed by atoms with Gasteiger partial charge in [-0.1, -0.05) is 12.5 Å². The van der Waals surface area contributed by atoms with Gasteiger partial charge in [-0.05, 0) is 50.1 Å². The lowest BCUT2D eigenvalue weighted by atomic mass is 10.1. The van der Waals surface area contributed by atoms with Crippen molar-refractivity contribution in [3.8, 4) is 0 Å². The molecule has 0 spiro atoms. The van der Waals surface area contributed by atoms with Crippen molar-refractivity contribution in [1.29, 1.82) is 0 Å². The summed E-state index contributed by atoms with van der Waals surface area (Å²) in [6.45, 7) is 2.88. The molecule has 2 N–H and O–H groups in total. The Morgan fingerprint density at radius 2 is 1.90 bits per heavy atom. The molecule has 0 aliphatic carbocycles. The molecule has 0 aromatic heterocycles. The summed E-state index contributed by atoms with van der Waals surface area (Å²) in [6.07, 6.45) is 8.56. The molecule has 1 aromatic carbocycles. The van der Waals surface area contributed by atoms with Crippen LogP contribution in [0.3, 0.4) is 0 Å². The molecule has 4 heteroatoms. The largest absolute Gasteiger partial charge is 0.327 e. The second-order valence-corrected chi connectivity index (χ2v) is 6.35. The van der Waals surface area contributed by atoms with Crippen LogP contribution in [-0.2, 0) is 4.79 Å². The third-order valence-corrected chi connectivity index (χ3v) is 4.55. The zero-order valence-electron chi connectivity index (χ0n) is 12.3. The molecule has 20 heavy (non-hydrogen) atoms. The summed E-state index contributed by atoms with van der Waals surface area (Å²) in [5, 5.41) is 3.03. The van der Waals surface area contributed by atoms with Crippen molar-refractivity contribution in [2.24, 2.45) is 0 Å². The Bertz CT molecular complexity index is 428. The third-order valence-electron chi connectivity index (χ3n) is 3.82. The van der Waals surface area contributed by atoms with Crippen LogP contribution in [0.4, 0.5) is 5.69 Å². The fraction of sp³-hybridized carbons (Fsp3) is 0.562. The third kappa shape index (κ3) is 5.17. The van der Waals surface area contributed by atoms with Crippen LogP contribution >= 0.6 is 11.8 Å². The second-order valence-electron chi connectivity index (χ2n) is 5.47. The first-order chi connectivity index (χ1) is 9.78. The summed E-state index contributed by atoms with van der Waals surface area (Å²) in [5.41, 5.74) is 0.910. The summed E-state index contributed by atoms with van der Waals surface area (Å²) in [5.74, 6) is 0.138. The average Bonchev–Trinajstić information content (AvgIpc) is 2.42. The quantitative estimate of drug-likeness (QED) is 0.835. The molecule has 1 aromatic rings. The zero-order valence-corrected chi connectivity index (χ0v) is 13.1. The Hall–Kier alpha value is -1.00. The van der Waals surface area contributed by atoms with Gasteiger partial charge < -0.3 is 10.2 Å². The first kappa shape index (κ1) is 15.4. The van der Waals surface area contributed by atoms with Gasteiger partial charge in [-0.3, -0.25) is 4.79 Å². The molecule has 1 saturated heterocycles. The number of benzene rings is 1. The summed E-state index contributed by atoms with van der Waals surface area (Å²) in [6, 6.07) is 8.04. The van der Waals surface area contributed by atoms with Crippen LogP contribution in [0.25, 0.3) is 0 Å². The van der Waals surface area contributed by atoms with E-state index in [9.17, 15) is 4.79 Å². The van der Waals surface area contributed by atoms with Gasteiger partial charge in [-0.25, -0.2) is 0 Å². The van der Waals surface area contributed by atoms with Crippen molar-refractivity contribution in [2.45, 2.75) is 37.0 Å². The number of rotatable bonds is 4. The lowest BCUT2D eigenvalue weighted by Gasteiger charge is -2.21. The second kappa shape index (κ2) is 8.32. The van der Waals surface area contributed by atoms with Gasteiger partial charge in [0.05, 0.1) is 13.1 Å². The van der Waals surface area contributed by atoms with Gasteiger partial charge in [0.25, 0.3) is 5.91 Å². The smallest absolute Gasteiger partial charge is 0.279 e. The van der Waals surface area contributed by atoms with E-state index in [2.05, 4.69) is 11.4 Å². The van der Waals surface area contributed by atoms with E-state index in [-0.39, 0.29) is 5.91 Å². The van der Waals surface area contributed by atoms with E-state index in [0.717, 1.165) is 18.8 Å². The van der Waals surface area contributed by atoms with Crippen molar-refractivity contribution in [3.63, 3.8) is 0 Å². The molecule has 1 heterocycles. The van der Waals surface area contributed by atoms with E-state index < -0.39 is 0 Å². The molecule has 0 bridgehead atoms. The average molecular weight is 293 g/mol. The highest BCUT2D eigenvalue weighted by Gasteiger charge is 2.15. The standard InChI is InChI=1S/C16H24N2OS/c1-20-15-9-7-8-14(12-15)17-16(19)13-18-10-5-3-2-4-6-11-18/h7-9,12H,2-6,10-11,13H2,1H3,(H,17,19)/p+1. The molecule has 0 radical (unpaired) electrons. The van der Waals surface area contributed by atoms with E-state index in [4.69, 9.17) is 0 Å². The van der Waals surface area contributed by atoms with Crippen LogP contribution in [-0.4, -0.2) is 31.8 Å². The number of nitrogens with one attached hydrogen (secondary N) is 2. The number of quaternary nitrogens is 1. The molecule has 1 aliphatic heterocycles. The van der Waals surface area contributed by atoms with Gasteiger partial charge in [0.1, 0.15) is 0 Å². The van der Waals surface area contributed by atoms with E-state index in [0.29, 0.717) is 6.54 Å². The molecule has 0 atom stereocenters. The number of hydrogen-bond acceptors (Lipinski definition) is 2. The van der Waals surface area contributed by atoms with Crippen molar-refractivity contribution in [2.75, 3.05) is 31.2 Å². The molecule has 1 amide bonds. The highest BCUT2D eigenvalue weighted by molar-refractivity contribution is 7.98. The molecule has 2 rings (SSSR count). The minimum absolute atomic E-state index is 0.138. The van der Waals surface area contributed by atoms with Gasteiger partial charge in [0, 0.05) is 10.6 Å². The minimum atomic E-state index is 0.138. The predicted octanol–water partition coefficient (Wildman–Crippen LogP) is 2.20. The molecule has 3 nitrogen and oxygen atoms in total. The highest BCUT2D eigenvalue weighted by atomic mass is 32.2.